The molecule has 202 valence electrons. The first-order valence-electron chi connectivity index (χ1n) is 13.6. The van der Waals surface area contributed by atoms with Gasteiger partial charge in [-0.25, -0.2) is 4.98 Å². The zero-order valence-corrected chi connectivity index (χ0v) is 23.9. The Morgan fingerprint density at radius 3 is 2.55 bits per heavy atom. The number of carbonyl (C=O) groups is 2. The monoisotopic (exact) mass is 580 g/mol. The molecule has 4 rings (SSSR count). The van der Waals surface area contributed by atoms with E-state index in [1.807, 2.05) is 32.0 Å². The van der Waals surface area contributed by atoms with Gasteiger partial charge in [0.1, 0.15) is 5.82 Å². The molecular weight excluding hydrogens is 544 g/mol. The molecule has 38 heavy (non-hydrogen) atoms. The van der Waals surface area contributed by atoms with Crippen molar-refractivity contribution in [2.75, 3.05) is 13.1 Å². The van der Waals surface area contributed by atoms with Gasteiger partial charge in [0.15, 0.2) is 0 Å². The van der Waals surface area contributed by atoms with Crippen molar-refractivity contribution < 1.29 is 9.59 Å². The lowest BCUT2D eigenvalue weighted by atomic mass is 10.00. The van der Waals surface area contributed by atoms with E-state index in [-0.39, 0.29) is 23.9 Å². The summed E-state index contributed by atoms with van der Waals surface area (Å²) >= 11 is 3.79. The van der Waals surface area contributed by atoms with E-state index < -0.39 is 0 Å². The molecule has 3 aromatic rings. The Balaban J connectivity index is 1.51. The average Bonchev–Trinajstić information content (AvgIpc) is 3.15. The van der Waals surface area contributed by atoms with E-state index in [2.05, 4.69) is 44.3 Å². The number of hydrogen-bond donors (Lipinski definition) is 1. The van der Waals surface area contributed by atoms with E-state index in [9.17, 15) is 14.4 Å². The van der Waals surface area contributed by atoms with Crippen LogP contribution in [0.3, 0.4) is 0 Å². The summed E-state index contributed by atoms with van der Waals surface area (Å²) in [5, 5.41) is 2.79. The second-order valence-electron chi connectivity index (χ2n) is 10.3. The molecule has 1 N–H and O–H groups in total. The first-order valence-corrected chi connectivity index (χ1v) is 14.4. The number of likely N-dealkylation sites (tertiary alicyclic amines) is 1. The van der Waals surface area contributed by atoms with Crippen LogP contribution < -0.4 is 10.9 Å². The van der Waals surface area contributed by atoms with Crippen LogP contribution in [-0.2, 0) is 29.0 Å². The molecule has 2 heterocycles. The third-order valence-electron chi connectivity index (χ3n) is 7.53. The highest BCUT2D eigenvalue weighted by atomic mass is 79.9. The van der Waals surface area contributed by atoms with Crippen LogP contribution in [0.1, 0.15) is 74.0 Å². The van der Waals surface area contributed by atoms with E-state index in [4.69, 9.17) is 4.98 Å². The summed E-state index contributed by atoms with van der Waals surface area (Å²) in [5.41, 5.74) is 4.13. The van der Waals surface area contributed by atoms with Gasteiger partial charge in [0.2, 0.25) is 12.3 Å². The number of carbonyl (C=O) groups excluding carboxylic acids is 2. The molecule has 2 amide bonds. The number of rotatable bonds is 10. The van der Waals surface area contributed by atoms with Crippen LogP contribution >= 0.6 is 15.9 Å². The second-order valence-corrected chi connectivity index (χ2v) is 11.2. The Labute approximate surface area is 232 Å². The fourth-order valence-corrected chi connectivity index (χ4v) is 6.09. The SMILES string of the molecule is Cc1nc2cccc(CCc3ccc(CN4CCCCCC4)cc3Br)c2c(=O)n1C(C)CCC(=O)NC=O. The summed E-state index contributed by atoms with van der Waals surface area (Å²) in [7, 11) is 0. The van der Waals surface area contributed by atoms with Crippen molar-refractivity contribution >= 4 is 39.2 Å². The van der Waals surface area contributed by atoms with Gasteiger partial charge in [0.05, 0.1) is 10.9 Å². The van der Waals surface area contributed by atoms with Crippen LogP contribution in [0, 0.1) is 6.92 Å². The van der Waals surface area contributed by atoms with Crippen LogP contribution in [0.2, 0.25) is 0 Å². The topological polar surface area (TPSA) is 84.3 Å². The number of benzene rings is 2. The smallest absolute Gasteiger partial charge is 0.261 e. The zero-order valence-electron chi connectivity index (χ0n) is 22.3. The number of imide groups is 1. The van der Waals surface area contributed by atoms with Gasteiger partial charge in [-0.15, -0.1) is 0 Å². The minimum Gasteiger partial charge on any atom is -0.299 e. The van der Waals surface area contributed by atoms with Crippen LogP contribution in [0.25, 0.3) is 10.9 Å². The molecule has 0 spiro atoms. The largest absolute Gasteiger partial charge is 0.299 e. The van der Waals surface area contributed by atoms with Gasteiger partial charge in [0.25, 0.3) is 5.56 Å². The summed E-state index contributed by atoms with van der Waals surface area (Å²) in [6, 6.07) is 12.3. The molecule has 1 aliphatic rings. The van der Waals surface area contributed by atoms with E-state index in [0.29, 0.717) is 29.6 Å². The van der Waals surface area contributed by atoms with Crippen molar-refractivity contribution in [2.45, 2.75) is 77.8 Å². The predicted molar refractivity (Wildman–Crippen MR) is 154 cm³/mol. The lowest BCUT2D eigenvalue weighted by Gasteiger charge is -2.20. The summed E-state index contributed by atoms with van der Waals surface area (Å²) in [6.45, 7) is 7.07. The average molecular weight is 582 g/mol. The van der Waals surface area contributed by atoms with Gasteiger partial charge < -0.3 is 0 Å². The Morgan fingerprint density at radius 2 is 1.84 bits per heavy atom. The number of halogens is 1. The van der Waals surface area contributed by atoms with Crippen LogP contribution in [-0.4, -0.2) is 39.9 Å². The van der Waals surface area contributed by atoms with Crippen molar-refractivity contribution in [3.05, 3.63) is 73.7 Å². The molecule has 1 saturated heterocycles. The summed E-state index contributed by atoms with van der Waals surface area (Å²) in [4.78, 5) is 43.2. The summed E-state index contributed by atoms with van der Waals surface area (Å²) < 4.78 is 2.78. The van der Waals surface area contributed by atoms with Gasteiger partial charge in [-0.1, -0.05) is 53.0 Å². The molecule has 1 aromatic heterocycles. The summed E-state index contributed by atoms with van der Waals surface area (Å²) in [6.07, 6.45) is 7.75. The Bertz CT molecular complexity index is 1350. The minimum absolute atomic E-state index is 0.0849. The van der Waals surface area contributed by atoms with E-state index in [0.717, 1.165) is 29.4 Å². The fraction of sp³-hybridized carbons (Fsp3) is 0.467. The number of fused-ring (bicyclic) bond motifs is 1. The standard InChI is InChI=1S/C30H37BrN4O3/c1-21(10-15-28(37)32-20-36)35-22(2)33-27-9-7-8-25(29(27)30(35)38)14-13-24-12-11-23(18-26(24)31)19-34-16-5-3-4-6-17-34/h7-9,11-12,18,20-21H,3-6,10,13-17,19H2,1-2H3,(H,32,36,37). The quantitative estimate of drug-likeness (QED) is 0.331. The van der Waals surface area contributed by atoms with Crippen LogP contribution in [0.5, 0.6) is 0 Å². The first-order chi connectivity index (χ1) is 18.4. The van der Waals surface area contributed by atoms with Crippen LogP contribution in [0.15, 0.2) is 45.7 Å². The lowest BCUT2D eigenvalue weighted by Crippen LogP contribution is -2.29. The maximum atomic E-state index is 13.7. The maximum absolute atomic E-state index is 13.7. The number of nitrogens with zero attached hydrogens (tertiary/aromatic N) is 3. The molecule has 0 radical (unpaired) electrons. The highest BCUT2D eigenvalue weighted by molar-refractivity contribution is 9.10. The molecule has 2 aromatic carbocycles. The Morgan fingerprint density at radius 1 is 1.11 bits per heavy atom. The molecule has 1 aliphatic heterocycles. The van der Waals surface area contributed by atoms with E-state index >= 15 is 0 Å². The third kappa shape index (κ3) is 6.97. The number of amides is 2. The highest BCUT2D eigenvalue weighted by Gasteiger charge is 2.17. The molecule has 0 aliphatic carbocycles. The number of hydrogen-bond acceptors (Lipinski definition) is 5. The Hall–Kier alpha value is -2.84. The van der Waals surface area contributed by atoms with Crippen molar-refractivity contribution in [1.82, 2.24) is 19.8 Å². The van der Waals surface area contributed by atoms with Crippen molar-refractivity contribution in [3.8, 4) is 0 Å². The normalized spacial score (nSPS) is 15.2. The molecule has 0 bridgehead atoms. The Kier molecular flexibility index (Phi) is 9.86. The van der Waals surface area contributed by atoms with Gasteiger partial charge >= 0.3 is 0 Å². The molecule has 1 atom stereocenters. The predicted octanol–water partition coefficient (Wildman–Crippen LogP) is 5.24. The number of aromatic nitrogens is 2. The molecule has 1 unspecified atom stereocenters. The van der Waals surface area contributed by atoms with Gasteiger partial charge in [0, 0.05) is 23.5 Å². The molecule has 0 saturated carbocycles. The highest BCUT2D eigenvalue weighted by Crippen LogP contribution is 2.24. The van der Waals surface area contributed by atoms with Gasteiger partial charge in [-0.2, -0.15) is 0 Å². The maximum Gasteiger partial charge on any atom is 0.261 e. The van der Waals surface area contributed by atoms with Crippen molar-refractivity contribution in [2.24, 2.45) is 0 Å². The molecule has 7 nitrogen and oxygen atoms in total. The minimum atomic E-state index is -0.352. The van der Waals surface area contributed by atoms with E-state index in [1.54, 1.807) is 4.57 Å². The van der Waals surface area contributed by atoms with Gasteiger partial charge in [-0.05, 0) is 87.9 Å². The van der Waals surface area contributed by atoms with Crippen molar-refractivity contribution in [3.63, 3.8) is 0 Å². The number of nitrogens with one attached hydrogen (secondary N) is 1. The van der Waals surface area contributed by atoms with E-state index in [1.165, 1.54) is 49.9 Å². The fourth-order valence-electron chi connectivity index (χ4n) is 5.47. The number of aryl methyl sites for hydroxylation is 3. The zero-order chi connectivity index (χ0) is 27.1. The van der Waals surface area contributed by atoms with Gasteiger partial charge in [-0.3, -0.25) is 29.2 Å². The first kappa shape index (κ1) is 28.2. The molecule has 1 fully saturated rings. The second kappa shape index (κ2) is 13.3. The van der Waals surface area contributed by atoms with Crippen LogP contribution in [0.4, 0.5) is 0 Å². The lowest BCUT2D eigenvalue weighted by molar-refractivity contribution is -0.125. The summed E-state index contributed by atoms with van der Waals surface area (Å²) in [5.74, 6) is 0.265. The third-order valence-corrected chi connectivity index (χ3v) is 8.27. The van der Waals surface area contributed by atoms with Crippen molar-refractivity contribution in [1.29, 1.82) is 0 Å². The molecular formula is C30H37BrN4O3. The molecule has 8 heteroatoms.